The summed E-state index contributed by atoms with van der Waals surface area (Å²) in [5.74, 6) is 0. The summed E-state index contributed by atoms with van der Waals surface area (Å²) in [6, 6.07) is 0. The van der Waals surface area contributed by atoms with Gasteiger partial charge in [-0.1, -0.05) is 19.1 Å². The van der Waals surface area contributed by atoms with Gasteiger partial charge in [0, 0.05) is 0 Å². The topological polar surface area (TPSA) is 24.4 Å². The molecular formula is C11H22N2. The van der Waals surface area contributed by atoms with Crippen molar-refractivity contribution in [1.29, 1.82) is 0 Å². The lowest BCUT2D eigenvalue weighted by Gasteiger charge is -1.98. The molecule has 0 aromatic rings. The van der Waals surface area contributed by atoms with Crippen LogP contribution in [0.15, 0.2) is 17.1 Å². The molecule has 0 spiro atoms. The first kappa shape index (κ1) is 12.4. The van der Waals surface area contributed by atoms with Gasteiger partial charge >= 0.3 is 0 Å². The van der Waals surface area contributed by atoms with Gasteiger partial charge in [-0.15, -0.1) is 0 Å². The number of nitrogens with zero attached hydrogens (tertiary/aromatic N) is 1. The fourth-order valence-electron chi connectivity index (χ4n) is 1.05. The summed E-state index contributed by atoms with van der Waals surface area (Å²) in [6.07, 6.45) is 9.93. The molecule has 0 radical (unpaired) electrons. The molecule has 0 aromatic heterocycles. The van der Waals surface area contributed by atoms with E-state index in [9.17, 15) is 0 Å². The molecule has 0 bridgehead atoms. The van der Waals surface area contributed by atoms with Crippen molar-refractivity contribution < 1.29 is 0 Å². The van der Waals surface area contributed by atoms with Crippen LogP contribution in [-0.2, 0) is 0 Å². The van der Waals surface area contributed by atoms with Crippen LogP contribution in [0.3, 0.4) is 0 Å². The quantitative estimate of drug-likeness (QED) is 0.348. The molecule has 76 valence electrons. The maximum Gasteiger partial charge on any atom is 0.0566 e. The van der Waals surface area contributed by atoms with E-state index in [0.29, 0.717) is 0 Å². The minimum atomic E-state index is 0.837. The highest BCUT2D eigenvalue weighted by atomic mass is 14.8. The Morgan fingerprint density at radius 1 is 1.23 bits per heavy atom. The van der Waals surface area contributed by atoms with Gasteiger partial charge in [-0.25, -0.2) is 0 Å². The average molecular weight is 182 g/mol. The van der Waals surface area contributed by atoms with Crippen molar-refractivity contribution in [3.8, 4) is 0 Å². The third-order valence-corrected chi connectivity index (χ3v) is 1.78. The van der Waals surface area contributed by atoms with Crippen LogP contribution in [0.4, 0.5) is 0 Å². The van der Waals surface area contributed by atoms with Crippen molar-refractivity contribution in [2.75, 3.05) is 19.6 Å². The van der Waals surface area contributed by atoms with Gasteiger partial charge in [0.25, 0.3) is 0 Å². The third kappa shape index (κ3) is 11.4. The number of allylic oxidation sites excluding steroid dienone is 1. The predicted octanol–water partition coefficient (Wildman–Crippen LogP) is 2.41. The van der Waals surface area contributed by atoms with Crippen LogP contribution in [0, 0.1) is 0 Å². The molecule has 0 amide bonds. The molecule has 0 unspecified atom stereocenters. The van der Waals surface area contributed by atoms with Gasteiger partial charge in [-0.05, 0) is 45.5 Å². The monoisotopic (exact) mass is 182 g/mol. The molecule has 0 heterocycles. The van der Waals surface area contributed by atoms with Gasteiger partial charge in [0.15, 0.2) is 0 Å². The molecule has 0 saturated heterocycles. The molecule has 0 aliphatic heterocycles. The molecule has 0 atom stereocenters. The van der Waals surface area contributed by atoms with E-state index in [-0.39, 0.29) is 0 Å². The Bertz CT molecular complexity index is 139. The minimum absolute atomic E-state index is 0.837. The first-order chi connectivity index (χ1) is 6.41. The highest BCUT2D eigenvalue weighted by Gasteiger charge is 1.84. The van der Waals surface area contributed by atoms with Gasteiger partial charge in [0.05, 0.1) is 6.54 Å². The molecule has 0 aromatic carbocycles. The fraction of sp³-hybridized carbons (Fsp3) is 0.727. The number of rotatable bonds is 8. The van der Waals surface area contributed by atoms with Crippen molar-refractivity contribution in [1.82, 2.24) is 5.32 Å². The largest absolute Gasteiger partial charge is 0.317 e. The van der Waals surface area contributed by atoms with E-state index in [0.717, 1.165) is 19.6 Å². The van der Waals surface area contributed by atoms with E-state index in [2.05, 4.69) is 29.4 Å². The summed E-state index contributed by atoms with van der Waals surface area (Å²) >= 11 is 0. The van der Waals surface area contributed by atoms with Gasteiger partial charge in [0.2, 0.25) is 0 Å². The van der Waals surface area contributed by atoms with E-state index in [1.165, 1.54) is 19.3 Å². The average Bonchev–Trinajstić information content (AvgIpc) is 2.16. The van der Waals surface area contributed by atoms with E-state index >= 15 is 0 Å². The second-order valence-electron chi connectivity index (χ2n) is 2.94. The van der Waals surface area contributed by atoms with Gasteiger partial charge < -0.3 is 5.32 Å². The second-order valence-corrected chi connectivity index (χ2v) is 2.94. The van der Waals surface area contributed by atoms with E-state index < -0.39 is 0 Å². The van der Waals surface area contributed by atoms with Crippen LogP contribution in [0.1, 0.15) is 33.1 Å². The zero-order valence-corrected chi connectivity index (χ0v) is 8.92. The van der Waals surface area contributed by atoms with E-state index in [1.54, 1.807) is 0 Å². The van der Waals surface area contributed by atoms with Gasteiger partial charge in [0.1, 0.15) is 0 Å². The zero-order valence-electron chi connectivity index (χ0n) is 8.92. The fourth-order valence-corrected chi connectivity index (χ4v) is 1.05. The van der Waals surface area contributed by atoms with Gasteiger partial charge in [-0.2, -0.15) is 0 Å². The molecule has 13 heavy (non-hydrogen) atoms. The lowest BCUT2D eigenvalue weighted by atomic mass is 10.2. The molecule has 0 aliphatic rings. The first-order valence-electron chi connectivity index (χ1n) is 5.22. The number of hydrogen-bond acceptors (Lipinski definition) is 2. The normalized spacial score (nSPS) is 11.8. The SMILES string of the molecule is CC=NCC=CCCCCNCC. The van der Waals surface area contributed by atoms with E-state index in [4.69, 9.17) is 0 Å². The predicted molar refractivity (Wildman–Crippen MR) is 60.6 cm³/mol. The van der Waals surface area contributed by atoms with Crippen molar-refractivity contribution in [3.63, 3.8) is 0 Å². The third-order valence-electron chi connectivity index (χ3n) is 1.78. The van der Waals surface area contributed by atoms with Crippen LogP contribution in [0.25, 0.3) is 0 Å². The van der Waals surface area contributed by atoms with Crippen LogP contribution in [-0.4, -0.2) is 25.8 Å². The van der Waals surface area contributed by atoms with Gasteiger partial charge in [-0.3, -0.25) is 4.99 Å². The van der Waals surface area contributed by atoms with Crippen LogP contribution >= 0.6 is 0 Å². The molecule has 0 fully saturated rings. The molecule has 2 heteroatoms. The van der Waals surface area contributed by atoms with Crippen LogP contribution in [0.2, 0.25) is 0 Å². The van der Waals surface area contributed by atoms with Crippen LogP contribution in [0.5, 0.6) is 0 Å². The maximum atomic E-state index is 4.09. The molecular weight excluding hydrogens is 160 g/mol. The highest BCUT2D eigenvalue weighted by Crippen LogP contribution is 1.95. The minimum Gasteiger partial charge on any atom is -0.317 e. The van der Waals surface area contributed by atoms with Crippen LogP contribution < -0.4 is 5.32 Å². The Morgan fingerprint density at radius 2 is 2.08 bits per heavy atom. The number of aliphatic imine (C=N–C) groups is 1. The Morgan fingerprint density at radius 3 is 2.77 bits per heavy atom. The highest BCUT2D eigenvalue weighted by molar-refractivity contribution is 5.53. The van der Waals surface area contributed by atoms with E-state index in [1.807, 2.05) is 13.1 Å². The number of nitrogens with one attached hydrogen (secondary N) is 1. The molecule has 0 saturated carbocycles. The summed E-state index contributed by atoms with van der Waals surface area (Å²) in [6.45, 7) is 7.16. The number of unbranched alkanes of at least 4 members (excludes halogenated alkanes) is 2. The van der Waals surface area contributed by atoms with Crippen molar-refractivity contribution in [2.45, 2.75) is 33.1 Å². The van der Waals surface area contributed by atoms with Crippen molar-refractivity contribution in [3.05, 3.63) is 12.2 Å². The Labute approximate surface area is 82.1 Å². The summed E-state index contributed by atoms with van der Waals surface area (Å²) in [7, 11) is 0. The second kappa shape index (κ2) is 11.4. The zero-order chi connectivity index (χ0) is 9.78. The Hall–Kier alpha value is -0.630. The summed E-state index contributed by atoms with van der Waals surface area (Å²) in [4.78, 5) is 4.09. The van der Waals surface area contributed by atoms with Crippen molar-refractivity contribution >= 4 is 6.21 Å². The number of hydrogen-bond donors (Lipinski definition) is 1. The standard InChI is InChI=1S/C11H22N2/c1-3-12-10-8-6-5-7-9-11-13-4-2/h3,6,8,13H,4-5,7,9-11H2,1-2H3. The summed E-state index contributed by atoms with van der Waals surface area (Å²) in [5, 5.41) is 3.31. The lowest BCUT2D eigenvalue weighted by molar-refractivity contribution is 0.645. The summed E-state index contributed by atoms with van der Waals surface area (Å²) in [5.41, 5.74) is 0. The molecule has 0 aliphatic carbocycles. The smallest absolute Gasteiger partial charge is 0.0566 e. The molecule has 0 rings (SSSR count). The Kier molecular flexibility index (Phi) is 10.8. The maximum absolute atomic E-state index is 4.09. The lowest BCUT2D eigenvalue weighted by Crippen LogP contribution is -2.13. The van der Waals surface area contributed by atoms with Crippen molar-refractivity contribution in [2.24, 2.45) is 4.99 Å². The Balaban J connectivity index is 3.02. The molecule has 2 nitrogen and oxygen atoms in total. The summed E-state index contributed by atoms with van der Waals surface area (Å²) < 4.78 is 0. The first-order valence-corrected chi connectivity index (χ1v) is 5.22. The molecule has 1 N–H and O–H groups in total.